The molecule has 92 valence electrons. The fourth-order valence-electron chi connectivity index (χ4n) is 2.80. The van der Waals surface area contributed by atoms with Crippen molar-refractivity contribution in [2.24, 2.45) is 11.7 Å². The first-order valence-corrected chi connectivity index (χ1v) is 6.59. The van der Waals surface area contributed by atoms with Gasteiger partial charge >= 0.3 is 0 Å². The molecule has 0 heterocycles. The molecule has 0 bridgehead atoms. The monoisotopic (exact) mass is 222 g/mol. The number of nitrogens with one attached hydrogen (secondary N) is 1. The zero-order valence-electron chi connectivity index (χ0n) is 10.8. The molecule has 1 fully saturated rings. The van der Waals surface area contributed by atoms with E-state index in [2.05, 4.69) is 18.2 Å². The minimum Gasteiger partial charge on any atom is -0.329 e. The molecule has 2 heteroatoms. The Bertz CT molecular complexity index is 244. The second-order valence-corrected chi connectivity index (χ2v) is 5.22. The summed E-state index contributed by atoms with van der Waals surface area (Å²) < 4.78 is 0. The summed E-state index contributed by atoms with van der Waals surface area (Å²) in [5.41, 5.74) is 6.06. The molecular weight excluding hydrogens is 196 g/mol. The van der Waals surface area contributed by atoms with Gasteiger partial charge in [0.25, 0.3) is 0 Å². The van der Waals surface area contributed by atoms with Crippen LogP contribution in [0.25, 0.3) is 0 Å². The smallest absolute Gasteiger partial charge is 0.0663 e. The van der Waals surface area contributed by atoms with E-state index in [-0.39, 0.29) is 11.6 Å². The van der Waals surface area contributed by atoms with Gasteiger partial charge in [-0.1, -0.05) is 32.1 Å². The number of terminal acetylenes is 1. The molecule has 0 aromatic carbocycles. The Balaban J connectivity index is 2.62. The fraction of sp³-hybridized carbons (Fsp3) is 0.857. The summed E-state index contributed by atoms with van der Waals surface area (Å²) in [5.74, 6) is 3.64. The lowest BCUT2D eigenvalue weighted by molar-refractivity contribution is 0.278. The Morgan fingerprint density at radius 2 is 2.25 bits per heavy atom. The summed E-state index contributed by atoms with van der Waals surface area (Å²) in [6.45, 7) is 5.03. The van der Waals surface area contributed by atoms with E-state index >= 15 is 0 Å². The van der Waals surface area contributed by atoms with Crippen LogP contribution in [-0.4, -0.2) is 18.1 Å². The Morgan fingerprint density at radius 1 is 1.50 bits per heavy atom. The molecule has 1 aliphatic carbocycles. The zero-order chi connectivity index (χ0) is 12.0. The SMILES string of the molecule is C#CC(C)NC1(CN)CCCC(CC)CC1. The number of nitrogens with two attached hydrogens (primary N) is 1. The number of rotatable bonds is 4. The van der Waals surface area contributed by atoms with Crippen molar-refractivity contribution in [3.63, 3.8) is 0 Å². The topological polar surface area (TPSA) is 38.0 Å². The van der Waals surface area contributed by atoms with Gasteiger partial charge in [-0.15, -0.1) is 6.42 Å². The third kappa shape index (κ3) is 3.50. The summed E-state index contributed by atoms with van der Waals surface area (Å²) in [5, 5.41) is 3.56. The van der Waals surface area contributed by atoms with Crippen molar-refractivity contribution in [1.82, 2.24) is 5.32 Å². The van der Waals surface area contributed by atoms with E-state index in [1.165, 1.54) is 38.5 Å². The Labute approximate surface area is 100 Å². The van der Waals surface area contributed by atoms with Gasteiger partial charge in [0.15, 0.2) is 0 Å². The molecule has 1 saturated carbocycles. The van der Waals surface area contributed by atoms with E-state index in [0.717, 1.165) is 5.92 Å². The van der Waals surface area contributed by atoms with Crippen molar-refractivity contribution in [3.8, 4) is 12.3 Å². The number of hydrogen-bond donors (Lipinski definition) is 2. The Kier molecular flexibility index (Phi) is 5.31. The largest absolute Gasteiger partial charge is 0.329 e. The van der Waals surface area contributed by atoms with Crippen LogP contribution in [0.1, 0.15) is 52.4 Å². The molecule has 0 aliphatic heterocycles. The van der Waals surface area contributed by atoms with E-state index in [4.69, 9.17) is 12.2 Å². The highest BCUT2D eigenvalue weighted by Gasteiger charge is 2.32. The maximum absolute atomic E-state index is 5.97. The molecule has 16 heavy (non-hydrogen) atoms. The van der Waals surface area contributed by atoms with Gasteiger partial charge in [0, 0.05) is 12.1 Å². The molecule has 0 spiro atoms. The first kappa shape index (κ1) is 13.5. The highest BCUT2D eigenvalue weighted by Crippen LogP contribution is 2.31. The second kappa shape index (κ2) is 6.27. The third-order valence-corrected chi connectivity index (χ3v) is 4.04. The maximum Gasteiger partial charge on any atom is 0.0663 e. The predicted molar refractivity (Wildman–Crippen MR) is 70.1 cm³/mol. The van der Waals surface area contributed by atoms with Crippen LogP contribution >= 0.6 is 0 Å². The van der Waals surface area contributed by atoms with Gasteiger partial charge in [0.2, 0.25) is 0 Å². The van der Waals surface area contributed by atoms with Gasteiger partial charge in [-0.2, -0.15) is 0 Å². The average molecular weight is 222 g/mol. The molecule has 3 N–H and O–H groups in total. The highest BCUT2D eigenvalue weighted by atomic mass is 15.0. The molecule has 0 radical (unpaired) electrons. The minimum absolute atomic E-state index is 0.0930. The van der Waals surface area contributed by atoms with Gasteiger partial charge in [-0.3, -0.25) is 5.32 Å². The normalized spacial score (nSPS) is 32.8. The van der Waals surface area contributed by atoms with Gasteiger partial charge in [-0.05, 0) is 32.1 Å². The van der Waals surface area contributed by atoms with Crippen molar-refractivity contribution < 1.29 is 0 Å². The molecule has 0 aromatic rings. The minimum atomic E-state index is 0.0930. The molecule has 1 aliphatic rings. The lowest BCUT2D eigenvalue weighted by Gasteiger charge is -2.34. The van der Waals surface area contributed by atoms with Crippen LogP contribution in [0.5, 0.6) is 0 Å². The van der Waals surface area contributed by atoms with Crippen LogP contribution < -0.4 is 11.1 Å². The maximum atomic E-state index is 5.97. The molecular formula is C14H26N2. The van der Waals surface area contributed by atoms with Gasteiger partial charge in [-0.25, -0.2) is 0 Å². The summed E-state index contributed by atoms with van der Waals surface area (Å²) in [6, 6.07) is 0.127. The van der Waals surface area contributed by atoms with E-state index in [0.29, 0.717) is 6.54 Å². The quantitative estimate of drug-likeness (QED) is 0.566. The van der Waals surface area contributed by atoms with Crippen LogP contribution in [0.15, 0.2) is 0 Å². The van der Waals surface area contributed by atoms with Crippen molar-refractivity contribution in [2.75, 3.05) is 6.54 Å². The first-order chi connectivity index (χ1) is 7.65. The molecule has 0 saturated heterocycles. The average Bonchev–Trinajstić information content (AvgIpc) is 2.52. The Morgan fingerprint density at radius 3 is 2.81 bits per heavy atom. The second-order valence-electron chi connectivity index (χ2n) is 5.22. The summed E-state index contributed by atoms with van der Waals surface area (Å²) >= 11 is 0. The fourth-order valence-corrected chi connectivity index (χ4v) is 2.80. The summed E-state index contributed by atoms with van der Waals surface area (Å²) in [4.78, 5) is 0. The van der Waals surface area contributed by atoms with Crippen molar-refractivity contribution in [2.45, 2.75) is 64.0 Å². The van der Waals surface area contributed by atoms with E-state index in [1.807, 2.05) is 6.92 Å². The van der Waals surface area contributed by atoms with Crippen LogP contribution in [0.2, 0.25) is 0 Å². The molecule has 3 atom stereocenters. The van der Waals surface area contributed by atoms with Crippen molar-refractivity contribution >= 4 is 0 Å². The summed E-state index contributed by atoms with van der Waals surface area (Å²) in [6.07, 6.45) is 13.0. The highest BCUT2D eigenvalue weighted by molar-refractivity contribution is 5.02. The molecule has 1 rings (SSSR count). The van der Waals surface area contributed by atoms with Gasteiger partial charge in [0.1, 0.15) is 0 Å². The molecule has 0 aromatic heterocycles. The van der Waals surface area contributed by atoms with Crippen molar-refractivity contribution in [1.29, 1.82) is 0 Å². The van der Waals surface area contributed by atoms with Crippen molar-refractivity contribution in [3.05, 3.63) is 0 Å². The summed E-state index contributed by atoms with van der Waals surface area (Å²) in [7, 11) is 0. The van der Waals surface area contributed by atoms with E-state index in [9.17, 15) is 0 Å². The standard InChI is InChI=1S/C14H26N2/c1-4-12(3)16-14(11-15)9-6-7-13(5-2)8-10-14/h1,12-13,16H,5-11,15H2,2-3H3. The van der Waals surface area contributed by atoms with Crippen LogP contribution in [0.4, 0.5) is 0 Å². The zero-order valence-corrected chi connectivity index (χ0v) is 10.8. The third-order valence-electron chi connectivity index (χ3n) is 4.04. The van der Waals surface area contributed by atoms with E-state index in [1.54, 1.807) is 0 Å². The predicted octanol–water partition coefficient (Wildman–Crippen LogP) is 2.29. The van der Waals surface area contributed by atoms with Gasteiger partial charge < -0.3 is 5.73 Å². The Hall–Kier alpha value is -0.520. The van der Waals surface area contributed by atoms with Crippen LogP contribution in [0, 0.1) is 18.3 Å². The van der Waals surface area contributed by atoms with Crippen LogP contribution in [-0.2, 0) is 0 Å². The lowest BCUT2D eigenvalue weighted by atomic mass is 9.88. The molecule has 3 unspecified atom stereocenters. The van der Waals surface area contributed by atoms with Gasteiger partial charge in [0.05, 0.1) is 6.04 Å². The molecule has 0 amide bonds. The van der Waals surface area contributed by atoms with E-state index < -0.39 is 0 Å². The molecule has 2 nitrogen and oxygen atoms in total. The van der Waals surface area contributed by atoms with Crippen LogP contribution in [0.3, 0.4) is 0 Å². The lowest BCUT2D eigenvalue weighted by Crippen LogP contribution is -2.53. The first-order valence-electron chi connectivity index (χ1n) is 6.59. The number of hydrogen-bond acceptors (Lipinski definition) is 2.